The Morgan fingerprint density at radius 1 is 0.846 bits per heavy atom. The molecular formula is C23H19NO2. The largest absolute Gasteiger partial charge is 0.497 e. The van der Waals surface area contributed by atoms with Crippen molar-refractivity contribution in [2.24, 2.45) is 0 Å². The Bertz CT molecular complexity index is 959. The molecule has 3 heteroatoms. The minimum atomic E-state index is 0.0456. The number of benzene rings is 3. The normalized spacial score (nSPS) is 14.6. The van der Waals surface area contributed by atoms with Crippen molar-refractivity contribution in [2.75, 3.05) is 7.11 Å². The molecule has 26 heavy (non-hydrogen) atoms. The number of carbonyl (C=O) groups excluding carboxylic acids is 1. The lowest BCUT2D eigenvalue weighted by Gasteiger charge is -2.19. The average molecular weight is 341 g/mol. The fourth-order valence-electron chi connectivity index (χ4n) is 3.23. The summed E-state index contributed by atoms with van der Waals surface area (Å²) in [5.74, 6) is 0.861. The SMILES string of the molecule is COc1ccc(/C=C2/c3ccccc3C(=O)N2Cc2ccccc2)cc1. The molecule has 0 fully saturated rings. The van der Waals surface area contributed by atoms with E-state index < -0.39 is 0 Å². The van der Waals surface area contributed by atoms with Crippen LogP contribution in [0.2, 0.25) is 0 Å². The van der Waals surface area contributed by atoms with Gasteiger partial charge < -0.3 is 9.64 Å². The van der Waals surface area contributed by atoms with Gasteiger partial charge in [0, 0.05) is 11.1 Å². The first kappa shape index (κ1) is 16.2. The third-order valence-corrected chi connectivity index (χ3v) is 4.57. The first-order valence-corrected chi connectivity index (χ1v) is 8.57. The fraction of sp³-hybridized carbons (Fsp3) is 0.0870. The second kappa shape index (κ2) is 6.89. The summed E-state index contributed by atoms with van der Waals surface area (Å²) in [7, 11) is 1.65. The number of methoxy groups -OCH3 is 1. The molecule has 0 saturated carbocycles. The summed E-state index contributed by atoms with van der Waals surface area (Å²) in [5.41, 5.74) is 4.80. The third kappa shape index (κ3) is 3.00. The maximum Gasteiger partial charge on any atom is 0.259 e. The van der Waals surface area contributed by atoms with E-state index in [0.29, 0.717) is 6.54 Å². The summed E-state index contributed by atoms with van der Waals surface area (Å²) in [6.07, 6.45) is 2.06. The van der Waals surface area contributed by atoms with Crippen LogP contribution in [0.3, 0.4) is 0 Å². The molecule has 3 aromatic carbocycles. The van der Waals surface area contributed by atoms with Gasteiger partial charge in [0.1, 0.15) is 5.75 Å². The average Bonchev–Trinajstić information content (AvgIpc) is 2.95. The van der Waals surface area contributed by atoms with Crippen LogP contribution in [0.1, 0.15) is 27.0 Å². The molecule has 0 N–H and O–H groups in total. The number of carbonyl (C=O) groups is 1. The van der Waals surface area contributed by atoms with Crippen molar-refractivity contribution in [3.8, 4) is 5.75 Å². The molecular weight excluding hydrogens is 322 g/mol. The topological polar surface area (TPSA) is 29.5 Å². The highest BCUT2D eigenvalue weighted by Crippen LogP contribution is 2.35. The predicted octanol–water partition coefficient (Wildman–Crippen LogP) is 4.85. The Morgan fingerprint density at radius 3 is 2.19 bits per heavy atom. The standard InChI is InChI=1S/C23H19NO2/c1-26-19-13-11-17(12-14-19)15-22-20-9-5-6-10-21(20)23(25)24(22)16-18-7-3-2-4-8-18/h2-15H,16H2,1H3/b22-15-. The summed E-state index contributed by atoms with van der Waals surface area (Å²) in [4.78, 5) is 14.8. The molecule has 0 unspecified atom stereocenters. The van der Waals surface area contributed by atoms with Gasteiger partial charge in [0.15, 0.2) is 0 Å². The van der Waals surface area contributed by atoms with Crippen molar-refractivity contribution in [1.29, 1.82) is 0 Å². The molecule has 4 rings (SSSR count). The van der Waals surface area contributed by atoms with Gasteiger partial charge in [-0.05, 0) is 35.4 Å². The lowest BCUT2D eigenvalue weighted by Crippen LogP contribution is -2.22. The summed E-state index contributed by atoms with van der Waals surface area (Å²) >= 11 is 0. The Hall–Kier alpha value is -3.33. The van der Waals surface area contributed by atoms with Crippen LogP contribution in [-0.2, 0) is 6.54 Å². The van der Waals surface area contributed by atoms with E-state index in [1.54, 1.807) is 7.11 Å². The lowest BCUT2D eigenvalue weighted by atomic mass is 10.1. The van der Waals surface area contributed by atoms with Crippen molar-refractivity contribution >= 4 is 17.7 Å². The Labute approximate surface area is 153 Å². The molecule has 0 bridgehead atoms. The van der Waals surface area contributed by atoms with Crippen LogP contribution in [0.25, 0.3) is 11.8 Å². The molecule has 1 heterocycles. The summed E-state index contributed by atoms with van der Waals surface area (Å²) in [5, 5.41) is 0. The van der Waals surface area contributed by atoms with Crippen LogP contribution < -0.4 is 4.74 Å². The van der Waals surface area contributed by atoms with E-state index in [-0.39, 0.29) is 5.91 Å². The molecule has 0 saturated heterocycles. The molecule has 1 amide bonds. The van der Waals surface area contributed by atoms with Gasteiger partial charge in [-0.1, -0.05) is 60.7 Å². The zero-order chi connectivity index (χ0) is 17.9. The molecule has 0 atom stereocenters. The molecule has 0 aliphatic carbocycles. The number of amides is 1. The van der Waals surface area contributed by atoms with Crippen molar-refractivity contribution < 1.29 is 9.53 Å². The second-order valence-electron chi connectivity index (χ2n) is 6.23. The van der Waals surface area contributed by atoms with Crippen molar-refractivity contribution in [2.45, 2.75) is 6.54 Å². The first-order valence-electron chi connectivity index (χ1n) is 8.57. The van der Waals surface area contributed by atoms with Crippen LogP contribution in [0.5, 0.6) is 5.75 Å². The van der Waals surface area contributed by atoms with Crippen LogP contribution in [0.4, 0.5) is 0 Å². The second-order valence-corrected chi connectivity index (χ2v) is 6.23. The molecule has 0 aromatic heterocycles. The minimum absolute atomic E-state index is 0.0456. The lowest BCUT2D eigenvalue weighted by molar-refractivity contribution is 0.0843. The maximum absolute atomic E-state index is 13.0. The Balaban J connectivity index is 1.76. The van der Waals surface area contributed by atoms with Crippen LogP contribution in [-0.4, -0.2) is 17.9 Å². The van der Waals surface area contributed by atoms with E-state index in [1.165, 1.54) is 0 Å². The van der Waals surface area contributed by atoms with E-state index in [9.17, 15) is 4.79 Å². The quantitative estimate of drug-likeness (QED) is 0.679. The summed E-state index contributed by atoms with van der Waals surface area (Å²) < 4.78 is 5.23. The van der Waals surface area contributed by atoms with Gasteiger partial charge in [-0.15, -0.1) is 0 Å². The maximum atomic E-state index is 13.0. The van der Waals surface area contributed by atoms with Gasteiger partial charge >= 0.3 is 0 Å². The molecule has 0 spiro atoms. The van der Waals surface area contributed by atoms with Crippen molar-refractivity contribution in [3.63, 3.8) is 0 Å². The molecule has 3 aromatic rings. The number of nitrogens with zero attached hydrogens (tertiary/aromatic N) is 1. The van der Waals surface area contributed by atoms with Crippen molar-refractivity contribution in [3.05, 3.63) is 101 Å². The van der Waals surface area contributed by atoms with Gasteiger partial charge in [-0.25, -0.2) is 0 Å². The number of rotatable bonds is 4. The van der Waals surface area contributed by atoms with Crippen LogP contribution in [0, 0.1) is 0 Å². The highest BCUT2D eigenvalue weighted by Gasteiger charge is 2.31. The van der Waals surface area contributed by atoms with E-state index >= 15 is 0 Å². The third-order valence-electron chi connectivity index (χ3n) is 4.57. The molecule has 3 nitrogen and oxygen atoms in total. The Kier molecular flexibility index (Phi) is 4.28. The number of ether oxygens (including phenoxy) is 1. The summed E-state index contributed by atoms with van der Waals surface area (Å²) in [6.45, 7) is 0.552. The number of hydrogen-bond donors (Lipinski definition) is 0. The fourth-order valence-corrected chi connectivity index (χ4v) is 3.23. The molecule has 1 aliphatic rings. The predicted molar refractivity (Wildman–Crippen MR) is 104 cm³/mol. The Morgan fingerprint density at radius 2 is 1.50 bits per heavy atom. The minimum Gasteiger partial charge on any atom is -0.497 e. The number of fused-ring (bicyclic) bond motifs is 1. The summed E-state index contributed by atoms with van der Waals surface area (Å²) in [6, 6.07) is 25.7. The van der Waals surface area contributed by atoms with Gasteiger partial charge in [0.25, 0.3) is 5.91 Å². The monoisotopic (exact) mass is 341 g/mol. The van der Waals surface area contributed by atoms with Gasteiger partial charge in [-0.2, -0.15) is 0 Å². The van der Waals surface area contributed by atoms with E-state index in [4.69, 9.17) is 4.74 Å². The molecule has 0 radical (unpaired) electrons. The zero-order valence-corrected chi connectivity index (χ0v) is 14.6. The zero-order valence-electron chi connectivity index (χ0n) is 14.6. The molecule has 128 valence electrons. The van der Waals surface area contributed by atoms with Crippen LogP contribution in [0.15, 0.2) is 78.9 Å². The van der Waals surface area contributed by atoms with E-state index in [1.807, 2.05) is 83.8 Å². The smallest absolute Gasteiger partial charge is 0.259 e. The van der Waals surface area contributed by atoms with Gasteiger partial charge in [-0.3, -0.25) is 4.79 Å². The highest BCUT2D eigenvalue weighted by molar-refractivity contribution is 6.11. The van der Waals surface area contributed by atoms with E-state index in [0.717, 1.165) is 33.7 Å². The van der Waals surface area contributed by atoms with E-state index in [2.05, 4.69) is 6.08 Å². The van der Waals surface area contributed by atoms with Gasteiger partial charge in [0.05, 0.1) is 19.4 Å². The van der Waals surface area contributed by atoms with Crippen molar-refractivity contribution in [1.82, 2.24) is 4.90 Å². The first-order chi connectivity index (χ1) is 12.8. The van der Waals surface area contributed by atoms with Crippen LogP contribution >= 0.6 is 0 Å². The molecule has 1 aliphatic heterocycles. The highest BCUT2D eigenvalue weighted by atomic mass is 16.5. The van der Waals surface area contributed by atoms with Gasteiger partial charge in [0.2, 0.25) is 0 Å². The number of hydrogen-bond acceptors (Lipinski definition) is 2.